The van der Waals surface area contributed by atoms with Crippen LogP contribution in [0.3, 0.4) is 0 Å². The second kappa shape index (κ2) is 13.4. The van der Waals surface area contributed by atoms with Gasteiger partial charge in [0, 0.05) is 37.7 Å². The summed E-state index contributed by atoms with van der Waals surface area (Å²) in [6, 6.07) is 5.75. The minimum Gasteiger partial charge on any atom is -0.481 e. The number of benzene rings is 1. The summed E-state index contributed by atoms with van der Waals surface area (Å²) in [7, 11) is 2.34. The Morgan fingerprint density at radius 1 is 1.03 bits per heavy atom. The fourth-order valence-corrected chi connectivity index (χ4v) is 4.33. The highest BCUT2D eigenvalue weighted by Crippen LogP contribution is 2.21. The standard InChI is InChI=1S/C14H20N2O5S3.C2HF3O2/c1-16(2)24(20,21)12-5-3-11(4-6-12)14(19)15-8-10-23-22-9-7-13(17)18;3-2(4,5)1(6)7/h3-6H,7-10H2,1-2H3,(H,15,19)(H,17,18);(H,6,7). The molecule has 1 rings (SSSR count). The molecule has 0 heterocycles. The average molecular weight is 507 g/mol. The van der Waals surface area contributed by atoms with E-state index in [0.29, 0.717) is 23.6 Å². The molecule has 1 amide bonds. The summed E-state index contributed by atoms with van der Waals surface area (Å²) in [6.45, 7) is 0.446. The maximum Gasteiger partial charge on any atom is 0.490 e. The van der Waals surface area contributed by atoms with Crippen molar-refractivity contribution in [2.75, 3.05) is 32.1 Å². The molecule has 0 aliphatic carbocycles. The zero-order chi connectivity index (χ0) is 24.2. The van der Waals surface area contributed by atoms with Crippen molar-refractivity contribution in [1.29, 1.82) is 0 Å². The third kappa shape index (κ3) is 11.9. The molecule has 0 fully saturated rings. The number of sulfonamides is 1. The number of alkyl halides is 3. The quantitative estimate of drug-likeness (QED) is 0.321. The molecule has 15 heteroatoms. The molecule has 0 unspecified atom stereocenters. The topological polar surface area (TPSA) is 141 Å². The number of carbonyl (C=O) groups is 3. The van der Waals surface area contributed by atoms with Gasteiger partial charge in [-0.25, -0.2) is 17.5 Å². The molecule has 0 aromatic heterocycles. The van der Waals surface area contributed by atoms with Gasteiger partial charge in [-0.05, 0) is 24.3 Å². The first-order valence-electron chi connectivity index (χ1n) is 8.26. The van der Waals surface area contributed by atoms with E-state index >= 15 is 0 Å². The maximum atomic E-state index is 12.0. The molecule has 3 N–H and O–H groups in total. The number of aliphatic carboxylic acids is 2. The van der Waals surface area contributed by atoms with Crippen LogP contribution in [0, 0.1) is 0 Å². The molecule has 0 saturated heterocycles. The fraction of sp³-hybridized carbons (Fsp3) is 0.438. The van der Waals surface area contributed by atoms with Crippen molar-refractivity contribution < 1.29 is 46.2 Å². The zero-order valence-corrected chi connectivity index (χ0v) is 18.8. The molecule has 0 saturated carbocycles. The normalized spacial score (nSPS) is 11.4. The Hall–Kier alpha value is -1.97. The highest BCUT2D eigenvalue weighted by atomic mass is 33.1. The van der Waals surface area contributed by atoms with Crippen molar-refractivity contribution >= 4 is 49.5 Å². The maximum absolute atomic E-state index is 12.0. The van der Waals surface area contributed by atoms with E-state index in [4.69, 9.17) is 15.0 Å². The van der Waals surface area contributed by atoms with Crippen LogP contribution in [-0.2, 0) is 19.6 Å². The van der Waals surface area contributed by atoms with Gasteiger partial charge < -0.3 is 15.5 Å². The van der Waals surface area contributed by atoms with Gasteiger partial charge in [-0.15, -0.1) is 0 Å². The van der Waals surface area contributed by atoms with Crippen LogP contribution in [-0.4, -0.2) is 79.1 Å². The van der Waals surface area contributed by atoms with Crippen LogP contribution in [0.4, 0.5) is 13.2 Å². The first-order chi connectivity index (χ1) is 14.2. The summed E-state index contributed by atoms with van der Waals surface area (Å²) >= 11 is 0. The Labute approximate surface area is 184 Å². The lowest BCUT2D eigenvalue weighted by Gasteiger charge is -2.11. The number of halogens is 3. The van der Waals surface area contributed by atoms with Crippen molar-refractivity contribution in [3.05, 3.63) is 29.8 Å². The Balaban J connectivity index is 0.00000110. The Morgan fingerprint density at radius 2 is 1.52 bits per heavy atom. The van der Waals surface area contributed by atoms with Crippen LogP contribution in [0.2, 0.25) is 0 Å². The van der Waals surface area contributed by atoms with E-state index in [9.17, 15) is 31.2 Å². The number of nitrogens with zero attached hydrogens (tertiary/aromatic N) is 1. The molecule has 0 spiro atoms. The molecule has 0 atom stereocenters. The van der Waals surface area contributed by atoms with E-state index in [1.165, 1.54) is 59.9 Å². The highest BCUT2D eigenvalue weighted by Gasteiger charge is 2.38. The van der Waals surface area contributed by atoms with E-state index in [1.807, 2.05) is 0 Å². The lowest BCUT2D eigenvalue weighted by Crippen LogP contribution is -2.26. The second-order valence-corrected chi connectivity index (χ2v) is 10.5. The van der Waals surface area contributed by atoms with Crippen molar-refractivity contribution in [3.63, 3.8) is 0 Å². The molecule has 0 aliphatic rings. The highest BCUT2D eigenvalue weighted by molar-refractivity contribution is 8.76. The first-order valence-corrected chi connectivity index (χ1v) is 12.2. The molecule has 0 radical (unpaired) electrons. The minimum atomic E-state index is -5.08. The number of rotatable bonds is 10. The summed E-state index contributed by atoms with van der Waals surface area (Å²) in [5.74, 6) is -2.68. The summed E-state index contributed by atoms with van der Waals surface area (Å²) < 4.78 is 56.7. The molecular formula is C16H21F3N2O7S3. The van der Waals surface area contributed by atoms with Gasteiger partial charge in [0.05, 0.1) is 11.3 Å². The molecule has 9 nitrogen and oxygen atoms in total. The largest absolute Gasteiger partial charge is 0.490 e. The number of carbonyl (C=O) groups excluding carboxylic acids is 1. The number of nitrogens with one attached hydrogen (secondary N) is 1. The van der Waals surface area contributed by atoms with Crippen LogP contribution < -0.4 is 5.32 Å². The zero-order valence-electron chi connectivity index (χ0n) is 16.4. The Kier molecular flexibility index (Phi) is 12.6. The van der Waals surface area contributed by atoms with Crippen LogP contribution >= 0.6 is 21.6 Å². The monoisotopic (exact) mass is 506 g/mol. The van der Waals surface area contributed by atoms with Gasteiger partial charge >= 0.3 is 18.1 Å². The predicted octanol–water partition coefficient (Wildman–Crippen LogP) is 2.16. The molecule has 1 aromatic rings. The van der Waals surface area contributed by atoms with Crippen LogP contribution in [0.15, 0.2) is 29.2 Å². The lowest BCUT2D eigenvalue weighted by molar-refractivity contribution is -0.192. The van der Waals surface area contributed by atoms with Gasteiger partial charge in [-0.3, -0.25) is 9.59 Å². The second-order valence-electron chi connectivity index (χ2n) is 5.66. The van der Waals surface area contributed by atoms with Gasteiger partial charge in [-0.2, -0.15) is 13.2 Å². The van der Waals surface area contributed by atoms with Crippen molar-refractivity contribution in [2.24, 2.45) is 0 Å². The Bertz CT molecular complexity index is 845. The average Bonchev–Trinajstić information content (AvgIpc) is 2.66. The molecule has 0 bridgehead atoms. The lowest BCUT2D eigenvalue weighted by atomic mass is 10.2. The summed E-state index contributed by atoms with van der Waals surface area (Å²) in [5, 5.41) is 18.4. The number of hydrogen-bond donors (Lipinski definition) is 3. The smallest absolute Gasteiger partial charge is 0.481 e. The molecule has 31 heavy (non-hydrogen) atoms. The van der Waals surface area contributed by atoms with Crippen LogP contribution in [0.1, 0.15) is 16.8 Å². The van der Waals surface area contributed by atoms with Gasteiger partial charge in [0.1, 0.15) is 0 Å². The van der Waals surface area contributed by atoms with E-state index in [1.54, 1.807) is 0 Å². The SMILES string of the molecule is CN(C)S(=O)(=O)c1ccc(C(=O)NCCSSCCC(=O)O)cc1.O=C(O)C(F)(F)F. The minimum absolute atomic E-state index is 0.117. The number of carboxylic acid groups (broad SMARTS) is 2. The van der Waals surface area contributed by atoms with Gasteiger partial charge in [0.25, 0.3) is 5.91 Å². The fourth-order valence-electron chi connectivity index (χ4n) is 1.54. The van der Waals surface area contributed by atoms with Crippen LogP contribution in [0.25, 0.3) is 0 Å². The van der Waals surface area contributed by atoms with E-state index in [0.717, 1.165) is 4.31 Å². The van der Waals surface area contributed by atoms with Crippen LogP contribution in [0.5, 0.6) is 0 Å². The van der Waals surface area contributed by atoms with Crippen molar-refractivity contribution in [1.82, 2.24) is 9.62 Å². The molecular weight excluding hydrogens is 485 g/mol. The van der Waals surface area contributed by atoms with E-state index in [-0.39, 0.29) is 17.2 Å². The van der Waals surface area contributed by atoms with Crippen molar-refractivity contribution in [2.45, 2.75) is 17.5 Å². The van der Waals surface area contributed by atoms with Crippen molar-refractivity contribution in [3.8, 4) is 0 Å². The van der Waals surface area contributed by atoms with Gasteiger partial charge in [0.15, 0.2) is 0 Å². The summed E-state index contributed by atoms with van der Waals surface area (Å²) in [4.78, 5) is 31.3. The first kappa shape index (κ1) is 29.0. The van der Waals surface area contributed by atoms with E-state index in [2.05, 4.69) is 5.32 Å². The van der Waals surface area contributed by atoms with E-state index < -0.39 is 28.1 Å². The Morgan fingerprint density at radius 3 is 1.94 bits per heavy atom. The predicted molar refractivity (Wildman–Crippen MR) is 111 cm³/mol. The van der Waals surface area contributed by atoms with Gasteiger partial charge in [-0.1, -0.05) is 21.6 Å². The number of carboxylic acids is 2. The summed E-state index contributed by atoms with van der Waals surface area (Å²) in [6.07, 6.45) is -4.97. The number of amides is 1. The summed E-state index contributed by atoms with van der Waals surface area (Å²) in [5.41, 5.74) is 0.385. The molecule has 1 aromatic carbocycles. The molecule has 176 valence electrons. The third-order valence-corrected chi connectivity index (χ3v) is 7.33. The van der Waals surface area contributed by atoms with Gasteiger partial charge in [0.2, 0.25) is 10.0 Å². The third-order valence-electron chi connectivity index (χ3n) is 3.09. The molecule has 0 aliphatic heterocycles. The number of hydrogen-bond acceptors (Lipinski definition) is 7.